The van der Waals surface area contributed by atoms with Crippen molar-refractivity contribution in [2.24, 2.45) is 0 Å². The highest BCUT2D eigenvalue weighted by atomic mass is 19.1. The average molecular weight is 355 g/mol. The fraction of sp³-hybridized carbons (Fsp3) is 0.350. The molecule has 1 saturated carbocycles. The van der Waals surface area contributed by atoms with Crippen LogP contribution in [-0.2, 0) is 4.74 Å². The van der Waals surface area contributed by atoms with E-state index in [2.05, 4.69) is 15.5 Å². The maximum Gasteiger partial charge on any atom is 0.319 e. The number of ether oxygens (including phenoxy) is 1. The molecule has 1 aliphatic carbocycles. The van der Waals surface area contributed by atoms with Crippen LogP contribution in [0.5, 0.6) is 0 Å². The Morgan fingerprint density at radius 1 is 1.12 bits per heavy atom. The van der Waals surface area contributed by atoms with Gasteiger partial charge in [0.1, 0.15) is 5.82 Å². The Hall–Kier alpha value is -2.60. The summed E-state index contributed by atoms with van der Waals surface area (Å²) in [5.74, 6) is -0.0475. The minimum Gasteiger partial charge on any atom is -0.378 e. The van der Waals surface area contributed by atoms with Gasteiger partial charge in [-0.15, -0.1) is 0 Å². The van der Waals surface area contributed by atoms with Gasteiger partial charge in [-0.05, 0) is 42.3 Å². The first-order chi connectivity index (χ1) is 12.7. The summed E-state index contributed by atoms with van der Waals surface area (Å²) in [6.45, 7) is 3.16. The topological polar surface area (TPSA) is 53.6 Å². The summed E-state index contributed by atoms with van der Waals surface area (Å²) < 4.78 is 18.7. The summed E-state index contributed by atoms with van der Waals surface area (Å²) in [5.41, 5.74) is 2.77. The number of benzene rings is 2. The van der Waals surface area contributed by atoms with Crippen molar-refractivity contribution in [1.29, 1.82) is 0 Å². The average Bonchev–Trinajstić information content (AvgIpc) is 3.41. The predicted octanol–water partition coefficient (Wildman–Crippen LogP) is 3.34. The Morgan fingerprint density at radius 2 is 1.92 bits per heavy atom. The van der Waals surface area contributed by atoms with E-state index in [1.165, 1.54) is 12.1 Å². The molecular formula is C20H22FN3O2. The van der Waals surface area contributed by atoms with Crippen molar-refractivity contribution < 1.29 is 13.9 Å². The molecule has 2 fully saturated rings. The van der Waals surface area contributed by atoms with E-state index < -0.39 is 0 Å². The SMILES string of the molecule is O=C(Nc1cccc(N2CCOCC2)c1)N[C@@H]1C[C@@H]1c1cccc(F)c1. The smallest absolute Gasteiger partial charge is 0.319 e. The number of morpholine rings is 1. The van der Waals surface area contributed by atoms with Gasteiger partial charge in [-0.3, -0.25) is 0 Å². The normalized spacial score (nSPS) is 22.0. The van der Waals surface area contributed by atoms with Gasteiger partial charge in [-0.1, -0.05) is 18.2 Å². The van der Waals surface area contributed by atoms with Crippen molar-refractivity contribution in [1.82, 2.24) is 5.32 Å². The van der Waals surface area contributed by atoms with Crippen LogP contribution >= 0.6 is 0 Å². The van der Waals surface area contributed by atoms with Crippen LogP contribution in [0.15, 0.2) is 48.5 Å². The van der Waals surface area contributed by atoms with E-state index in [9.17, 15) is 9.18 Å². The zero-order valence-corrected chi connectivity index (χ0v) is 14.5. The largest absolute Gasteiger partial charge is 0.378 e. The van der Waals surface area contributed by atoms with E-state index in [-0.39, 0.29) is 23.8 Å². The summed E-state index contributed by atoms with van der Waals surface area (Å²) in [6.07, 6.45) is 0.838. The molecule has 136 valence electrons. The highest BCUT2D eigenvalue weighted by Gasteiger charge is 2.39. The zero-order valence-electron chi connectivity index (χ0n) is 14.5. The van der Waals surface area contributed by atoms with Gasteiger partial charge in [0.15, 0.2) is 0 Å². The summed E-state index contributed by atoms with van der Waals surface area (Å²) in [7, 11) is 0. The monoisotopic (exact) mass is 355 g/mol. The van der Waals surface area contributed by atoms with Crippen LogP contribution in [0.4, 0.5) is 20.6 Å². The van der Waals surface area contributed by atoms with Crippen LogP contribution in [-0.4, -0.2) is 38.4 Å². The quantitative estimate of drug-likeness (QED) is 0.884. The van der Waals surface area contributed by atoms with Crippen molar-refractivity contribution in [3.63, 3.8) is 0 Å². The summed E-state index contributed by atoms with van der Waals surface area (Å²) in [4.78, 5) is 14.5. The van der Waals surface area contributed by atoms with Crippen molar-refractivity contribution in [2.45, 2.75) is 18.4 Å². The van der Waals surface area contributed by atoms with Crippen LogP contribution < -0.4 is 15.5 Å². The lowest BCUT2D eigenvalue weighted by Gasteiger charge is -2.29. The second kappa shape index (κ2) is 7.33. The molecule has 26 heavy (non-hydrogen) atoms. The van der Waals surface area contributed by atoms with Gasteiger partial charge >= 0.3 is 6.03 Å². The van der Waals surface area contributed by atoms with Gasteiger partial charge in [-0.25, -0.2) is 9.18 Å². The number of nitrogens with one attached hydrogen (secondary N) is 2. The number of anilines is 2. The predicted molar refractivity (Wildman–Crippen MR) is 99.2 cm³/mol. The third-order valence-electron chi connectivity index (χ3n) is 4.86. The molecule has 0 spiro atoms. The highest BCUT2D eigenvalue weighted by molar-refractivity contribution is 5.90. The lowest BCUT2D eigenvalue weighted by molar-refractivity contribution is 0.122. The molecule has 2 atom stereocenters. The molecule has 0 unspecified atom stereocenters. The summed E-state index contributed by atoms with van der Waals surface area (Å²) >= 11 is 0. The fourth-order valence-electron chi connectivity index (χ4n) is 3.40. The first-order valence-corrected chi connectivity index (χ1v) is 8.95. The van der Waals surface area contributed by atoms with Crippen LogP contribution in [0.3, 0.4) is 0 Å². The van der Waals surface area contributed by atoms with Crippen LogP contribution in [0.1, 0.15) is 17.9 Å². The fourth-order valence-corrected chi connectivity index (χ4v) is 3.40. The molecule has 1 saturated heterocycles. The van der Waals surface area contributed by atoms with Gasteiger partial charge in [0, 0.05) is 36.4 Å². The maximum absolute atomic E-state index is 13.3. The van der Waals surface area contributed by atoms with Gasteiger partial charge in [0.25, 0.3) is 0 Å². The molecule has 2 aromatic rings. The first-order valence-electron chi connectivity index (χ1n) is 8.95. The van der Waals surface area contributed by atoms with Gasteiger partial charge < -0.3 is 20.3 Å². The number of carbonyl (C=O) groups excluding carboxylic acids is 1. The van der Waals surface area contributed by atoms with Crippen molar-refractivity contribution in [2.75, 3.05) is 36.5 Å². The number of rotatable bonds is 4. The minimum absolute atomic E-state index is 0.0548. The third-order valence-corrected chi connectivity index (χ3v) is 4.86. The van der Waals surface area contributed by atoms with E-state index in [0.29, 0.717) is 0 Å². The van der Waals surface area contributed by atoms with E-state index in [4.69, 9.17) is 4.74 Å². The zero-order chi connectivity index (χ0) is 17.9. The third kappa shape index (κ3) is 3.96. The number of halogens is 1. The molecule has 1 heterocycles. The molecule has 2 amide bonds. The van der Waals surface area contributed by atoms with E-state index in [0.717, 1.165) is 49.7 Å². The van der Waals surface area contributed by atoms with Crippen molar-refractivity contribution in [3.05, 3.63) is 59.9 Å². The Bertz CT molecular complexity index is 792. The van der Waals surface area contributed by atoms with Gasteiger partial charge in [-0.2, -0.15) is 0 Å². The molecule has 1 aliphatic heterocycles. The number of hydrogen-bond acceptors (Lipinski definition) is 3. The molecule has 5 nitrogen and oxygen atoms in total. The van der Waals surface area contributed by atoms with E-state index >= 15 is 0 Å². The number of urea groups is 1. The number of hydrogen-bond donors (Lipinski definition) is 2. The Morgan fingerprint density at radius 3 is 2.73 bits per heavy atom. The number of nitrogens with zero attached hydrogens (tertiary/aromatic N) is 1. The lowest BCUT2D eigenvalue weighted by atomic mass is 10.1. The van der Waals surface area contributed by atoms with Crippen LogP contribution in [0, 0.1) is 5.82 Å². The van der Waals surface area contributed by atoms with E-state index in [1.807, 2.05) is 30.3 Å². The Labute approximate surface area is 152 Å². The van der Waals surface area contributed by atoms with Crippen molar-refractivity contribution in [3.8, 4) is 0 Å². The van der Waals surface area contributed by atoms with Crippen LogP contribution in [0.2, 0.25) is 0 Å². The summed E-state index contributed by atoms with van der Waals surface area (Å²) in [5, 5.41) is 5.86. The van der Waals surface area contributed by atoms with E-state index in [1.54, 1.807) is 6.07 Å². The molecule has 2 aliphatic rings. The summed E-state index contributed by atoms with van der Waals surface area (Å²) in [6, 6.07) is 14.2. The first kappa shape index (κ1) is 16.8. The van der Waals surface area contributed by atoms with Crippen molar-refractivity contribution >= 4 is 17.4 Å². The maximum atomic E-state index is 13.3. The molecule has 6 heteroatoms. The highest BCUT2D eigenvalue weighted by Crippen LogP contribution is 2.40. The second-order valence-electron chi connectivity index (χ2n) is 6.75. The van der Waals surface area contributed by atoms with Gasteiger partial charge in [0.05, 0.1) is 13.2 Å². The molecular weight excluding hydrogens is 333 g/mol. The standard InChI is InChI=1S/C20H22FN3O2/c21-15-4-1-3-14(11-15)18-13-19(18)23-20(25)22-16-5-2-6-17(12-16)24-7-9-26-10-8-24/h1-6,11-12,18-19H,7-10,13H2,(H2,22,23,25)/t18-,19-/m1/s1. The number of carbonyl (C=O) groups is 1. The lowest BCUT2D eigenvalue weighted by Crippen LogP contribution is -2.36. The molecule has 0 radical (unpaired) electrons. The molecule has 0 aromatic heterocycles. The Balaban J connectivity index is 1.33. The van der Waals surface area contributed by atoms with Crippen LogP contribution in [0.25, 0.3) is 0 Å². The molecule has 4 rings (SSSR count). The number of amides is 2. The molecule has 2 aromatic carbocycles. The minimum atomic E-state index is -0.238. The molecule has 0 bridgehead atoms. The van der Waals surface area contributed by atoms with Gasteiger partial charge in [0.2, 0.25) is 0 Å². The second-order valence-corrected chi connectivity index (χ2v) is 6.75. The molecule has 2 N–H and O–H groups in total. The Kier molecular flexibility index (Phi) is 4.75.